The first kappa shape index (κ1) is 27.2. The zero-order valence-electron chi connectivity index (χ0n) is 20.6. The van der Waals surface area contributed by atoms with E-state index in [-0.39, 0.29) is 25.0 Å². The van der Waals surface area contributed by atoms with Crippen LogP contribution >= 0.6 is 34.8 Å². The maximum absolute atomic E-state index is 13.5. The van der Waals surface area contributed by atoms with E-state index in [2.05, 4.69) is 28.1 Å². The quantitative estimate of drug-likeness (QED) is 0.227. The number of likely N-dealkylation sites (N-methyl/N-ethyl adjacent to an activating group) is 1. The van der Waals surface area contributed by atoms with Gasteiger partial charge >= 0.3 is 0 Å². The monoisotopic (exact) mass is 555 g/mol. The average Bonchev–Trinajstić information content (AvgIpc) is 3.42. The summed E-state index contributed by atoms with van der Waals surface area (Å²) in [6.07, 6.45) is 4.02. The van der Waals surface area contributed by atoms with Crippen molar-refractivity contribution >= 4 is 46.4 Å². The molecule has 1 fully saturated rings. The Morgan fingerprint density at radius 2 is 1.76 bits per heavy atom. The molecule has 192 valence electrons. The van der Waals surface area contributed by atoms with Crippen molar-refractivity contribution in [3.05, 3.63) is 81.6 Å². The summed E-state index contributed by atoms with van der Waals surface area (Å²) in [5.41, 5.74) is 3.74. The molecule has 0 radical (unpaired) electrons. The van der Waals surface area contributed by atoms with Crippen LogP contribution in [0.2, 0.25) is 15.2 Å². The summed E-state index contributed by atoms with van der Waals surface area (Å²) >= 11 is 18.3. The Kier molecular flexibility index (Phi) is 9.28. The third-order valence-corrected chi connectivity index (χ3v) is 7.65. The zero-order chi connectivity index (χ0) is 26.4. The van der Waals surface area contributed by atoms with Crippen LogP contribution in [0.5, 0.6) is 0 Å². The number of rotatable bonds is 9. The SMILES string of the molecule is CN(C(=O)CN(CC#N)c1ccc(Cl)c(Cl)c1)C(CN1CCCC1)c1ccc(-c2ccnc(Cl)c2)cc1. The molecular weight excluding hydrogens is 529 g/mol. The van der Waals surface area contributed by atoms with E-state index in [4.69, 9.17) is 34.8 Å². The lowest BCUT2D eigenvalue weighted by Gasteiger charge is -2.34. The number of aromatic nitrogens is 1. The second-order valence-electron chi connectivity index (χ2n) is 9.13. The van der Waals surface area contributed by atoms with Gasteiger partial charge in [0.15, 0.2) is 0 Å². The fraction of sp³-hybridized carbons (Fsp3) is 0.321. The maximum atomic E-state index is 13.5. The van der Waals surface area contributed by atoms with Crippen molar-refractivity contribution in [3.8, 4) is 17.2 Å². The van der Waals surface area contributed by atoms with Crippen LogP contribution in [-0.4, -0.2) is 60.5 Å². The molecule has 4 rings (SSSR count). The lowest BCUT2D eigenvalue weighted by Crippen LogP contribution is -2.43. The number of pyridine rings is 1. The van der Waals surface area contributed by atoms with Gasteiger partial charge in [-0.3, -0.25) is 4.79 Å². The van der Waals surface area contributed by atoms with Gasteiger partial charge in [0.25, 0.3) is 0 Å². The highest BCUT2D eigenvalue weighted by molar-refractivity contribution is 6.42. The van der Waals surface area contributed by atoms with Crippen LogP contribution in [0.3, 0.4) is 0 Å². The molecule has 1 amide bonds. The summed E-state index contributed by atoms with van der Waals surface area (Å²) in [6, 6.07) is 19.1. The molecule has 1 unspecified atom stereocenters. The number of halogens is 3. The van der Waals surface area contributed by atoms with Gasteiger partial charge in [-0.1, -0.05) is 59.1 Å². The molecule has 0 N–H and O–H groups in total. The topological polar surface area (TPSA) is 63.5 Å². The van der Waals surface area contributed by atoms with Crippen molar-refractivity contribution in [2.75, 3.05) is 44.7 Å². The predicted molar refractivity (Wildman–Crippen MR) is 150 cm³/mol. The first-order valence-electron chi connectivity index (χ1n) is 12.1. The van der Waals surface area contributed by atoms with E-state index in [0.717, 1.165) is 36.3 Å². The third kappa shape index (κ3) is 6.94. The molecule has 6 nitrogen and oxygen atoms in total. The summed E-state index contributed by atoms with van der Waals surface area (Å²) in [5.74, 6) is -0.0875. The smallest absolute Gasteiger partial charge is 0.242 e. The summed E-state index contributed by atoms with van der Waals surface area (Å²) < 4.78 is 0. The van der Waals surface area contributed by atoms with Gasteiger partial charge in [0.1, 0.15) is 11.7 Å². The third-order valence-electron chi connectivity index (χ3n) is 6.70. The number of carbonyl (C=O) groups is 1. The molecule has 9 heteroatoms. The van der Waals surface area contributed by atoms with Crippen LogP contribution in [0.25, 0.3) is 11.1 Å². The van der Waals surface area contributed by atoms with Crippen LogP contribution in [-0.2, 0) is 4.79 Å². The minimum atomic E-state index is -0.140. The number of anilines is 1. The summed E-state index contributed by atoms with van der Waals surface area (Å²) in [5, 5.41) is 10.6. The van der Waals surface area contributed by atoms with Crippen molar-refractivity contribution in [2.24, 2.45) is 0 Å². The molecule has 0 bridgehead atoms. The van der Waals surface area contributed by atoms with Crippen molar-refractivity contribution in [1.82, 2.24) is 14.8 Å². The van der Waals surface area contributed by atoms with Crippen LogP contribution in [0, 0.1) is 11.3 Å². The molecule has 1 aliphatic rings. The van der Waals surface area contributed by atoms with Gasteiger partial charge in [0.05, 0.1) is 28.7 Å². The Balaban J connectivity index is 1.56. The molecule has 0 spiro atoms. The average molecular weight is 557 g/mol. The normalized spacial score (nSPS) is 14.2. The van der Waals surface area contributed by atoms with E-state index in [0.29, 0.717) is 20.9 Å². The van der Waals surface area contributed by atoms with E-state index in [1.165, 1.54) is 12.8 Å². The molecular formula is C28H28Cl3N5O. The van der Waals surface area contributed by atoms with Gasteiger partial charge < -0.3 is 14.7 Å². The van der Waals surface area contributed by atoms with Crippen molar-refractivity contribution in [2.45, 2.75) is 18.9 Å². The molecule has 1 aliphatic heterocycles. The van der Waals surface area contributed by atoms with Crippen molar-refractivity contribution in [1.29, 1.82) is 5.26 Å². The molecule has 1 atom stereocenters. The minimum absolute atomic E-state index is 0.0477. The number of carbonyl (C=O) groups excluding carboxylic acids is 1. The first-order valence-corrected chi connectivity index (χ1v) is 13.3. The largest absolute Gasteiger partial charge is 0.349 e. The van der Waals surface area contributed by atoms with Gasteiger partial charge in [-0.05, 0) is 73.0 Å². The molecule has 37 heavy (non-hydrogen) atoms. The highest BCUT2D eigenvalue weighted by Gasteiger charge is 2.27. The summed E-state index contributed by atoms with van der Waals surface area (Å²) in [7, 11) is 1.83. The van der Waals surface area contributed by atoms with Crippen LogP contribution in [0.1, 0.15) is 24.4 Å². The molecule has 2 aromatic carbocycles. The van der Waals surface area contributed by atoms with Crippen LogP contribution in [0.4, 0.5) is 5.69 Å². The fourth-order valence-corrected chi connectivity index (χ4v) is 5.06. The van der Waals surface area contributed by atoms with E-state index in [9.17, 15) is 10.1 Å². The predicted octanol–water partition coefficient (Wildman–Crippen LogP) is 6.33. The van der Waals surface area contributed by atoms with E-state index >= 15 is 0 Å². The van der Waals surface area contributed by atoms with Gasteiger partial charge in [-0.2, -0.15) is 5.26 Å². The Morgan fingerprint density at radius 1 is 1.03 bits per heavy atom. The molecule has 1 saturated heterocycles. The fourth-order valence-electron chi connectivity index (χ4n) is 4.60. The Morgan fingerprint density at radius 3 is 2.41 bits per heavy atom. The zero-order valence-corrected chi connectivity index (χ0v) is 22.8. The number of nitriles is 1. The standard InChI is InChI=1S/C28H28Cl3N5O/c1-34(28(37)19-36(15-11-32)23-8-9-24(29)25(30)17-23)26(18-35-13-2-3-14-35)21-6-4-20(5-7-21)22-10-12-33-27(31)16-22/h4-10,12,16-17,26H,2-3,13-15,18-19H2,1H3. The number of likely N-dealkylation sites (tertiary alicyclic amines) is 1. The first-order chi connectivity index (χ1) is 17.9. The van der Waals surface area contributed by atoms with Gasteiger partial charge in [-0.25, -0.2) is 4.98 Å². The Bertz CT molecular complexity index is 1270. The second-order valence-corrected chi connectivity index (χ2v) is 10.3. The maximum Gasteiger partial charge on any atom is 0.242 e. The van der Waals surface area contributed by atoms with Crippen LogP contribution < -0.4 is 4.90 Å². The Hall–Kier alpha value is -2.82. The van der Waals surface area contributed by atoms with Gasteiger partial charge in [0.2, 0.25) is 5.91 Å². The number of nitrogens with zero attached hydrogens (tertiary/aromatic N) is 5. The molecule has 1 aromatic heterocycles. The second kappa shape index (κ2) is 12.6. The molecule has 0 aliphatic carbocycles. The summed E-state index contributed by atoms with van der Waals surface area (Å²) in [4.78, 5) is 23.5. The number of hydrogen-bond acceptors (Lipinski definition) is 5. The van der Waals surface area contributed by atoms with E-state index < -0.39 is 0 Å². The Labute approximate surface area is 233 Å². The molecule has 3 aromatic rings. The lowest BCUT2D eigenvalue weighted by molar-refractivity contribution is -0.131. The lowest BCUT2D eigenvalue weighted by atomic mass is 10.00. The van der Waals surface area contributed by atoms with Gasteiger partial charge in [0, 0.05) is 25.5 Å². The van der Waals surface area contributed by atoms with Crippen molar-refractivity contribution < 1.29 is 4.79 Å². The minimum Gasteiger partial charge on any atom is -0.349 e. The van der Waals surface area contributed by atoms with Crippen LogP contribution in [0.15, 0.2) is 60.8 Å². The highest BCUT2D eigenvalue weighted by Crippen LogP contribution is 2.29. The van der Waals surface area contributed by atoms with Gasteiger partial charge in [-0.15, -0.1) is 0 Å². The van der Waals surface area contributed by atoms with E-state index in [1.54, 1.807) is 34.2 Å². The van der Waals surface area contributed by atoms with Crippen molar-refractivity contribution in [3.63, 3.8) is 0 Å². The molecule has 2 heterocycles. The molecule has 0 saturated carbocycles. The number of hydrogen-bond donors (Lipinski definition) is 0. The number of benzene rings is 2. The highest BCUT2D eigenvalue weighted by atomic mass is 35.5. The van der Waals surface area contributed by atoms with E-state index in [1.807, 2.05) is 31.3 Å². The number of amides is 1. The summed E-state index contributed by atoms with van der Waals surface area (Å²) in [6.45, 7) is 2.89.